The fraction of sp³-hybridized carbons (Fsp3) is 0.917. The Morgan fingerprint density at radius 2 is 1.69 bits per heavy atom. The summed E-state index contributed by atoms with van der Waals surface area (Å²) in [7, 11) is 0. The third kappa shape index (κ3) is 2.35. The van der Waals surface area contributed by atoms with Crippen molar-refractivity contribution >= 4 is 18.3 Å². The van der Waals surface area contributed by atoms with Gasteiger partial charge < -0.3 is 10.6 Å². The van der Waals surface area contributed by atoms with Crippen LogP contribution in [0.15, 0.2) is 0 Å². The summed E-state index contributed by atoms with van der Waals surface area (Å²) >= 11 is 0. The Morgan fingerprint density at radius 3 is 2.19 bits per heavy atom. The first-order valence-corrected chi connectivity index (χ1v) is 6.37. The quantitative estimate of drug-likeness (QED) is 0.775. The van der Waals surface area contributed by atoms with Crippen molar-refractivity contribution in [3.8, 4) is 0 Å². The van der Waals surface area contributed by atoms with Crippen molar-refractivity contribution in [3.05, 3.63) is 0 Å². The standard InChI is InChI=1S/C12H20N2O.ClH/c15-12(8-2-1-3-8)14-11-6-9-4-5-10(7-11)13-9;/h8-11,13H,1-7H2,(H,14,15);1H. The molecule has 3 fully saturated rings. The van der Waals surface area contributed by atoms with E-state index >= 15 is 0 Å². The third-order valence-electron chi connectivity index (χ3n) is 4.30. The van der Waals surface area contributed by atoms with Gasteiger partial charge in [-0.25, -0.2) is 0 Å². The molecule has 0 aromatic carbocycles. The number of rotatable bonds is 2. The van der Waals surface area contributed by atoms with Crippen LogP contribution in [0.1, 0.15) is 44.9 Å². The normalized spacial score (nSPS) is 37.4. The van der Waals surface area contributed by atoms with Crippen LogP contribution in [0.4, 0.5) is 0 Å². The van der Waals surface area contributed by atoms with E-state index in [0.717, 1.165) is 25.7 Å². The molecular formula is C12H21ClN2O. The van der Waals surface area contributed by atoms with Crippen molar-refractivity contribution in [2.75, 3.05) is 0 Å². The SMILES string of the molecule is Cl.O=C(NC1CC2CCC(C1)N2)C1CCC1. The van der Waals surface area contributed by atoms with E-state index in [0.29, 0.717) is 30.0 Å². The second-order valence-corrected chi connectivity index (χ2v) is 5.44. The minimum absolute atomic E-state index is 0. The average Bonchev–Trinajstić information content (AvgIpc) is 2.42. The highest BCUT2D eigenvalue weighted by Gasteiger charge is 2.35. The van der Waals surface area contributed by atoms with Gasteiger partial charge in [0.1, 0.15) is 0 Å². The van der Waals surface area contributed by atoms with Gasteiger partial charge in [0.05, 0.1) is 0 Å². The lowest BCUT2D eigenvalue weighted by atomic mass is 9.84. The number of halogens is 1. The maximum absolute atomic E-state index is 11.8. The maximum atomic E-state index is 11.8. The van der Waals surface area contributed by atoms with Crippen LogP contribution in [0, 0.1) is 5.92 Å². The lowest BCUT2D eigenvalue weighted by Gasteiger charge is -2.32. The van der Waals surface area contributed by atoms with Crippen molar-refractivity contribution < 1.29 is 4.79 Å². The summed E-state index contributed by atoms with van der Waals surface area (Å²) in [6.07, 6.45) is 8.38. The summed E-state index contributed by atoms with van der Waals surface area (Å²) in [5.74, 6) is 0.671. The lowest BCUT2D eigenvalue weighted by molar-refractivity contribution is -0.128. The van der Waals surface area contributed by atoms with Crippen LogP contribution >= 0.6 is 12.4 Å². The van der Waals surface area contributed by atoms with E-state index in [-0.39, 0.29) is 12.4 Å². The molecule has 1 aliphatic carbocycles. The molecule has 3 rings (SSSR count). The van der Waals surface area contributed by atoms with Crippen molar-refractivity contribution in [2.24, 2.45) is 5.92 Å². The van der Waals surface area contributed by atoms with Crippen molar-refractivity contribution in [2.45, 2.75) is 63.1 Å². The summed E-state index contributed by atoms with van der Waals surface area (Å²) in [6.45, 7) is 0. The van der Waals surface area contributed by atoms with E-state index < -0.39 is 0 Å². The Kier molecular flexibility index (Phi) is 3.75. The van der Waals surface area contributed by atoms with E-state index in [4.69, 9.17) is 0 Å². The molecule has 1 saturated carbocycles. The predicted molar refractivity (Wildman–Crippen MR) is 65.7 cm³/mol. The summed E-state index contributed by atoms with van der Waals surface area (Å²) in [4.78, 5) is 11.8. The molecule has 3 nitrogen and oxygen atoms in total. The molecule has 2 bridgehead atoms. The van der Waals surface area contributed by atoms with E-state index in [1.807, 2.05) is 0 Å². The second kappa shape index (κ2) is 4.92. The highest BCUT2D eigenvalue weighted by molar-refractivity contribution is 5.85. The molecule has 2 aliphatic heterocycles. The van der Waals surface area contributed by atoms with E-state index in [1.165, 1.54) is 19.3 Å². The smallest absolute Gasteiger partial charge is 0.223 e. The van der Waals surface area contributed by atoms with Gasteiger partial charge in [-0.3, -0.25) is 4.79 Å². The zero-order valence-corrected chi connectivity index (χ0v) is 10.4. The minimum Gasteiger partial charge on any atom is -0.353 e. The fourth-order valence-electron chi connectivity index (χ4n) is 3.16. The third-order valence-corrected chi connectivity index (χ3v) is 4.30. The Labute approximate surface area is 103 Å². The van der Waals surface area contributed by atoms with Crippen LogP contribution in [0.3, 0.4) is 0 Å². The number of hydrogen-bond acceptors (Lipinski definition) is 2. The molecule has 92 valence electrons. The first kappa shape index (κ1) is 12.2. The topological polar surface area (TPSA) is 41.1 Å². The monoisotopic (exact) mass is 244 g/mol. The minimum atomic E-state index is 0. The van der Waals surface area contributed by atoms with Gasteiger partial charge in [-0.2, -0.15) is 0 Å². The Hall–Kier alpha value is -0.280. The number of hydrogen-bond donors (Lipinski definition) is 2. The zero-order chi connectivity index (χ0) is 10.3. The van der Waals surface area contributed by atoms with E-state index in [1.54, 1.807) is 0 Å². The predicted octanol–water partition coefficient (Wildman–Crippen LogP) is 1.61. The van der Waals surface area contributed by atoms with Gasteiger partial charge in [0, 0.05) is 24.0 Å². The van der Waals surface area contributed by atoms with E-state index in [9.17, 15) is 4.79 Å². The Morgan fingerprint density at radius 1 is 1.06 bits per heavy atom. The van der Waals surface area contributed by atoms with Crippen molar-refractivity contribution in [3.63, 3.8) is 0 Å². The van der Waals surface area contributed by atoms with Crippen LogP contribution in [0.25, 0.3) is 0 Å². The van der Waals surface area contributed by atoms with Crippen LogP contribution in [-0.4, -0.2) is 24.0 Å². The zero-order valence-electron chi connectivity index (χ0n) is 9.58. The average molecular weight is 245 g/mol. The number of fused-ring (bicyclic) bond motifs is 2. The van der Waals surface area contributed by atoms with Gasteiger partial charge in [0.25, 0.3) is 0 Å². The Balaban J connectivity index is 0.000000963. The molecule has 16 heavy (non-hydrogen) atoms. The van der Waals surface area contributed by atoms with Crippen LogP contribution in [-0.2, 0) is 4.79 Å². The van der Waals surface area contributed by atoms with Gasteiger partial charge in [-0.05, 0) is 38.5 Å². The van der Waals surface area contributed by atoms with Gasteiger partial charge in [0.15, 0.2) is 0 Å². The Bertz CT molecular complexity index is 256. The summed E-state index contributed by atoms with van der Waals surface area (Å²) in [6, 6.07) is 1.81. The molecule has 0 radical (unpaired) electrons. The lowest BCUT2D eigenvalue weighted by Crippen LogP contribution is -2.49. The molecule has 2 unspecified atom stereocenters. The molecule has 0 spiro atoms. The fourth-order valence-corrected chi connectivity index (χ4v) is 3.16. The number of carbonyl (C=O) groups excluding carboxylic acids is 1. The first-order chi connectivity index (χ1) is 7.31. The number of carbonyl (C=O) groups is 1. The van der Waals surface area contributed by atoms with Gasteiger partial charge in [-0.15, -0.1) is 12.4 Å². The molecule has 1 amide bonds. The highest BCUT2D eigenvalue weighted by Crippen LogP contribution is 2.29. The van der Waals surface area contributed by atoms with Gasteiger partial charge >= 0.3 is 0 Å². The first-order valence-electron chi connectivity index (χ1n) is 6.37. The maximum Gasteiger partial charge on any atom is 0.223 e. The highest BCUT2D eigenvalue weighted by atomic mass is 35.5. The molecule has 3 aliphatic rings. The number of amides is 1. The molecule has 2 saturated heterocycles. The molecular weight excluding hydrogens is 224 g/mol. The van der Waals surface area contributed by atoms with E-state index in [2.05, 4.69) is 10.6 Å². The molecule has 2 N–H and O–H groups in total. The second-order valence-electron chi connectivity index (χ2n) is 5.44. The molecule has 0 aromatic rings. The largest absolute Gasteiger partial charge is 0.353 e. The van der Waals surface area contributed by atoms with Gasteiger partial charge in [-0.1, -0.05) is 6.42 Å². The molecule has 4 heteroatoms. The van der Waals surface area contributed by atoms with Crippen LogP contribution in [0.2, 0.25) is 0 Å². The number of nitrogens with one attached hydrogen (secondary N) is 2. The summed E-state index contributed by atoms with van der Waals surface area (Å²) < 4.78 is 0. The molecule has 2 atom stereocenters. The molecule has 2 heterocycles. The molecule has 0 aromatic heterocycles. The van der Waals surface area contributed by atoms with Crippen LogP contribution in [0.5, 0.6) is 0 Å². The van der Waals surface area contributed by atoms with Gasteiger partial charge in [0.2, 0.25) is 5.91 Å². The van der Waals surface area contributed by atoms with Crippen LogP contribution < -0.4 is 10.6 Å². The van der Waals surface area contributed by atoms with Crippen molar-refractivity contribution in [1.29, 1.82) is 0 Å². The summed E-state index contributed by atoms with van der Waals surface area (Å²) in [5.41, 5.74) is 0. The summed E-state index contributed by atoms with van der Waals surface area (Å²) in [5, 5.41) is 6.84. The van der Waals surface area contributed by atoms with Crippen molar-refractivity contribution in [1.82, 2.24) is 10.6 Å². The number of piperidine rings is 1.